The van der Waals surface area contributed by atoms with Gasteiger partial charge in [-0.05, 0) is 43.7 Å². The van der Waals surface area contributed by atoms with Crippen molar-refractivity contribution < 1.29 is 4.79 Å². The number of aromatic nitrogens is 1. The Morgan fingerprint density at radius 1 is 1.35 bits per heavy atom. The fourth-order valence-electron chi connectivity index (χ4n) is 2.64. The predicted octanol–water partition coefficient (Wildman–Crippen LogP) is 2.60. The third-order valence-corrected chi connectivity index (χ3v) is 3.92. The Hall–Kier alpha value is -1.78. The van der Waals surface area contributed by atoms with Crippen LogP contribution in [-0.2, 0) is 0 Å². The number of pyridine rings is 1. The molecule has 0 bridgehead atoms. The lowest BCUT2D eigenvalue weighted by Gasteiger charge is -2.32. The number of anilines is 2. The second-order valence-corrected chi connectivity index (χ2v) is 5.97. The Bertz CT molecular complexity index is 469. The monoisotopic (exact) mass is 274 g/mol. The van der Waals surface area contributed by atoms with E-state index in [2.05, 4.69) is 27.4 Å². The van der Waals surface area contributed by atoms with Crippen molar-refractivity contribution in [3.8, 4) is 0 Å². The predicted molar refractivity (Wildman–Crippen MR) is 80.0 cm³/mol. The van der Waals surface area contributed by atoms with Gasteiger partial charge in [0.15, 0.2) is 0 Å². The van der Waals surface area contributed by atoms with E-state index in [1.165, 1.54) is 12.8 Å². The summed E-state index contributed by atoms with van der Waals surface area (Å²) in [5.41, 5.74) is 1.14. The maximum absolute atomic E-state index is 11.6. The van der Waals surface area contributed by atoms with E-state index in [4.69, 9.17) is 0 Å². The molecule has 1 atom stereocenters. The summed E-state index contributed by atoms with van der Waals surface area (Å²) < 4.78 is 0. The van der Waals surface area contributed by atoms with Gasteiger partial charge in [0.2, 0.25) is 0 Å². The zero-order valence-electron chi connectivity index (χ0n) is 11.9. The molecule has 1 aromatic rings. The first kappa shape index (κ1) is 13.2. The molecule has 2 N–H and O–H groups in total. The van der Waals surface area contributed by atoms with Crippen LogP contribution >= 0.6 is 0 Å². The van der Waals surface area contributed by atoms with Crippen molar-refractivity contribution in [2.75, 3.05) is 23.3 Å². The number of nitrogens with zero attached hydrogens (tertiary/aromatic N) is 2. The van der Waals surface area contributed by atoms with E-state index in [0.29, 0.717) is 11.9 Å². The molecule has 2 heterocycles. The summed E-state index contributed by atoms with van der Waals surface area (Å²) >= 11 is 0. The molecule has 5 nitrogen and oxygen atoms in total. The fourth-order valence-corrected chi connectivity index (χ4v) is 2.64. The van der Waals surface area contributed by atoms with E-state index >= 15 is 0 Å². The van der Waals surface area contributed by atoms with Crippen LogP contribution in [0.15, 0.2) is 18.3 Å². The molecule has 108 valence electrons. The van der Waals surface area contributed by atoms with Gasteiger partial charge in [0.25, 0.3) is 0 Å². The van der Waals surface area contributed by atoms with Crippen LogP contribution in [0.1, 0.15) is 32.6 Å². The standard InChI is InChI=1S/C15H22N4O/c1-11-3-2-8-19(10-11)13-6-7-14(16-9-13)18-15(20)17-12-4-5-12/h6-7,9,11-12H,2-5,8,10H2,1H3,(H2,16,17,18,20). The van der Waals surface area contributed by atoms with Crippen molar-refractivity contribution in [3.63, 3.8) is 0 Å². The summed E-state index contributed by atoms with van der Waals surface area (Å²) in [6.07, 6.45) is 6.58. The summed E-state index contributed by atoms with van der Waals surface area (Å²) in [7, 11) is 0. The van der Waals surface area contributed by atoms with E-state index in [9.17, 15) is 4.79 Å². The Balaban J connectivity index is 1.57. The summed E-state index contributed by atoms with van der Waals surface area (Å²) in [5.74, 6) is 1.35. The molecule has 1 unspecified atom stereocenters. The Morgan fingerprint density at radius 2 is 2.20 bits per heavy atom. The maximum atomic E-state index is 11.6. The maximum Gasteiger partial charge on any atom is 0.320 e. The van der Waals surface area contributed by atoms with Crippen LogP contribution in [0.25, 0.3) is 0 Å². The quantitative estimate of drug-likeness (QED) is 0.890. The van der Waals surface area contributed by atoms with Crippen LogP contribution < -0.4 is 15.5 Å². The lowest BCUT2D eigenvalue weighted by Crippen LogP contribution is -2.34. The number of hydrogen-bond acceptors (Lipinski definition) is 3. The second kappa shape index (κ2) is 5.69. The number of nitrogens with one attached hydrogen (secondary N) is 2. The molecular weight excluding hydrogens is 252 g/mol. The minimum atomic E-state index is -0.153. The molecule has 1 aromatic heterocycles. The van der Waals surface area contributed by atoms with E-state index in [1.54, 1.807) is 0 Å². The average molecular weight is 274 g/mol. The second-order valence-electron chi connectivity index (χ2n) is 5.97. The number of carbonyl (C=O) groups is 1. The van der Waals surface area contributed by atoms with E-state index in [1.807, 2.05) is 18.3 Å². The highest BCUT2D eigenvalue weighted by Crippen LogP contribution is 2.23. The highest BCUT2D eigenvalue weighted by atomic mass is 16.2. The smallest absolute Gasteiger partial charge is 0.320 e. The minimum Gasteiger partial charge on any atom is -0.370 e. The van der Waals surface area contributed by atoms with Crippen LogP contribution in [0.2, 0.25) is 0 Å². The lowest BCUT2D eigenvalue weighted by atomic mass is 10.00. The molecular formula is C15H22N4O. The SMILES string of the molecule is CC1CCCN(c2ccc(NC(=O)NC3CC3)nc2)C1. The molecule has 3 rings (SSSR count). The molecule has 1 aliphatic heterocycles. The molecule has 1 saturated heterocycles. The van der Waals surface area contributed by atoms with Gasteiger partial charge in [-0.25, -0.2) is 9.78 Å². The van der Waals surface area contributed by atoms with Gasteiger partial charge in [-0.2, -0.15) is 0 Å². The van der Waals surface area contributed by atoms with Crippen molar-refractivity contribution in [2.45, 2.75) is 38.6 Å². The third kappa shape index (κ3) is 3.40. The van der Waals surface area contributed by atoms with Crippen molar-refractivity contribution in [2.24, 2.45) is 5.92 Å². The first-order valence-electron chi connectivity index (χ1n) is 7.49. The highest BCUT2D eigenvalue weighted by molar-refractivity contribution is 5.88. The average Bonchev–Trinajstić information content (AvgIpc) is 3.23. The summed E-state index contributed by atoms with van der Waals surface area (Å²) in [4.78, 5) is 18.3. The topological polar surface area (TPSA) is 57.3 Å². The van der Waals surface area contributed by atoms with Gasteiger partial charge < -0.3 is 10.2 Å². The highest BCUT2D eigenvalue weighted by Gasteiger charge is 2.23. The Morgan fingerprint density at radius 3 is 2.85 bits per heavy atom. The van der Waals surface area contributed by atoms with Crippen LogP contribution in [0.5, 0.6) is 0 Å². The molecule has 2 aliphatic rings. The molecule has 1 aliphatic carbocycles. The molecule has 5 heteroatoms. The van der Waals surface area contributed by atoms with Crippen molar-refractivity contribution in [3.05, 3.63) is 18.3 Å². The molecule has 20 heavy (non-hydrogen) atoms. The number of hydrogen-bond donors (Lipinski definition) is 2. The van der Waals surface area contributed by atoms with Crippen LogP contribution in [0, 0.1) is 5.92 Å². The summed E-state index contributed by atoms with van der Waals surface area (Å²) in [6.45, 7) is 4.48. The zero-order valence-corrected chi connectivity index (χ0v) is 11.9. The molecule has 0 spiro atoms. The molecule has 2 amide bonds. The van der Waals surface area contributed by atoms with Gasteiger partial charge in [0.1, 0.15) is 5.82 Å². The fraction of sp³-hybridized carbons (Fsp3) is 0.600. The van der Waals surface area contributed by atoms with Crippen molar-refractivity contribution in [1.29, 1.82) is 0 Å². The van der Waals surface area contributed by atoms with E-state index in [0.717, 1.165) is 37.5 Å². The minimum absolute atomic E-state index is 0.153. The number of rotatable bonds is 3. The normalized spacial score (nSPS) is 22.4. The molecule has 0 aromatic carbocycles. The molecule has 1 saturated carbocycles. The van der Waals surface area contributed by atoms with Gasteiger partial charge in [-0.15, -0.1) is 0 Å². The lowest BCUT2D eigenvalue weighted by molar-refractivity contribution is 0.251. The number of amides is 2. The molecule has 0 radical (unpaired) electrons. The first-order valence-corrected chi connectivity index (χ1v) is 7.49. The van der Waals surface area contributed by atoms with Gasteiger partial charge >= 0.3 is 6.03 Å². The van der Waals surface area contributed by atoms with E-state index in [-0.39, 0.29) is 6.03 Å². The number of urea groups is 1. The van der Waals surface area contributed by atoms with Gasteiger partial charge in [0, 0.05) is 19.1 Å². The Labute approximate surface area is 119 Å². The zero-order chi connectivity index (χ0) is 13.9. The summed E-state index contributed by atoms with van der Waals surface area (Å²) in [6, 6.07) is 4.13. The van der Waals surface area contributed by atoms with Crippen molar-refractivity contribution >= 4 is 17.5 Å². The van der Waals surface area contributed by atoms with Crippen molar-refractivity contribution in [1.82, 2.24) is 10.3 Å². The van der Waals surface area contributed by atoms with Crippen LogP contribution in [0.3, 0.4) is 0 Å². The summed E-state index contributed by atoms with van der Waals surface area (Å²) in [5, 5.41) is 5.66. The van der Waals surface area contributed by atoms with Gasteiger partial charge in [-0.1, -0.05) is 6.92 Å². The Kier molecular flexibility index (Phi) is 3.76. The number of piperidine rings is 1. The third-order valence-electron chi connectivity index (χ3n) is 3.92. The number of carbonyl (C=O) groups excluding carboxylic acids is 1. The molecule has 2 fully saturated rings. The van der Waals surface area contributed by atoms with Gasteiger partial charge in [-0.3, -0.25) is 5.32 Å². The first-order chi connectivity index (χ1) is 9.70. The van der Waals surface area contributed by atoms with Crippen LogP contribution in [-0.4, -0.2) is 30.1 Å². The largest absolute Gasteiger partial charge is 0.370 e. The van der Waals surface area contributed by atoms with E-state index < -0.39 is 0 Å². The van der Waals surface area contributed by atoms with Gasteiger partial charge in [0.05, 0.1) is 11.9 Å². The van der Waals surface area contributed by atoms with Crippen LogP contribution in [0.4, 0.5) is 16.3 Å².